The molecule has 7 rings (SSSR count). The molecule has 3 saturated heterocycles. The highest BCUT2D eigenvalue weighted by atomic mass is 79.9. The van der Waals surface area contributed by atoms with Crippen LogP contribution in [0.3, 0.4) is 0 Å². The van der Waals surface area contributed by atoms with E-state index in [2.05, 4.69) is 25.9 Å². The van der Waals surface area contributed by atoms with Gasteiger partial charge in [-0.1, -0.05) is 82.7 Å². The molecule has 18 heteroatoms. The SMILES string of the molecule is CCOC(=O)[C@@H]1CC2(CCN(c3cc(O[C@H](c4ccc(Br)cc4N4CCN(C(=O)OCc5ccccc5)CC4)C(F)(F)F)nc(N)n3)CC2)CN1C(=O)OCc1ccccc1. The summed E-state index contributed by atoms with van der Waals surface area (Å²) in [5.41, 5.74) is 7.45. The Balaban J connectivity index is 1.02. The maximum absolute atomic E-state index is 15.0. The first-order chi connectivity index (χ1) is 29.3. The molecule has 0 radical (unpaired) electrons. The van der Waals surface area contributed by atoms with E-state index < -0.39 is 41.9 Å². The number of hydrogen-bond acceptors (Lipinski definition) is 12. The minimum Gasteiger partial charge on any atom is -0.464 e. The number of alkyl halides is 3. The molecule has 0 saturated carbocycles. The van der Waals surface area contributed by atoms with Crippen LogP contribution < -0.4 is 20.3 Å². The zero-order valence-corrected chi connectivity index (χ0v) is 35.1. The number of amides is 2. The van der Waals surface area contributed by atoms with Gasteiger partial charge in [-0.2, -0.15) is 23.1 Å². The van der Waals surface area contributed by atoms with Gasteiger partial charge in [0.15, 0.2) is 0 Å². The van der Waals surface area contributed by atoms with Crippen molar-refractivity contribution in [3.8, 4) is 5.88 Å². The molecule has 1 spiro atoms. The van der Waals surface area contributed by atoms with Crippen LogP contribution in [0.4, 0.5) is 40.2 Å². The van der Waals surface area contributed by atoms with Crippen molar-refractivity contribution in [1.82, 2.24) is 19.8 Å². The van der Waals surface area contributed by atoms with Crippen LogP contribution in [0.1, 0.15) is 49.0 Å². The fraction of sp³-hybridized carbons (Fsp3) is 0.419. The maximum Gasteiger partial charge on any atom is 0.429 e. The van der Waals surface area contributed by atoms with E-state index >= 15 is 13.2 Å². The Kier molecular flexibility index (Phi) is 13.4. The molecule has 4 aromatic rings. The van der Waals surface area contributed by atoms with Gasteiger partial charge in [0.25, 0.3) is 0 Å². The summed E-state index contributed by atoms with van der Waals surface area (Å²) in [6, 6.07) is 23.5. The number of carbonyl (C=O) groups is 3. The Labute approximate surface area is 359 Å². The summed E-state index contributed by atoms with van der Waals surface area (Å²) in [6.07, 6.45) is -6.95. The molecule has 3 fully saturated rings. The average Bonchev–Trinajstić information content (AvgIpc) is 3.63. The molecule has 2 N–H and O–H groups in total. The van der Waals surface area contributed by atoms with E-state index in [1.807, 2.05) is 65.6 Å². The van der Waals surface area contributed by atoms with E-state index in [1.165, 1.54) is 28.0 Å². The summed E-state index contributed by atoms with van der Waals surface area (Å²) in [6.45, 7) is 4.09. The topological polar surface area (TPSA) is 153 Å². The van der Waals surface area contributed by atoms with Gasteiger partial charge < -0.3 is 39.4 Å². The first-order valence-corrected chi connectivity index (χ1v) is 20.9. The van der Waals surface area contributed by atoms with Crippen molar-refractivity contribution in [3.63, 3.8) is 0 Å². The molecular weight excluding hydrogens is 863 g/mol. The molecule has 3 aromatic carbocycles. The van der Waals surface area contributed by atoms with Crippen molar-refractivity contribution in [3.05, 3.63) is 106 Å². The van der Waals surface area contributed by atoms with Gasteiger partial charge >= 0.3 is 24.3 Å². The van der Waals surface area contributed by atoms with Crippen molar-refractivity contribution in [2.45, 2.75) is 57.7 Å². The molecule has 0 bridgehead atoms. The summed E-state index contributed by atoms with van der Waals surface area (Å²) in [7, 11) is 0. The van der Waals surface area contributed by atoms with Crippen LogP contribution in [-0.4, -0.2) is 103 Å². The largest absolute Gasteiger partial charge is 0.464 e. The highest BCUT2D eigenvalue weighted by Crippen LogP contribution is 2.46. The Bertz CT molecular complexity index is 2160. The predicted octanol–water partition coefficient (Wildman–Crippen LogP) is 7.52. The van der Waals surface area contributed by atoms with Crippen LogP contribution in [0.25, 0.3) is 0 Å². The molecule has 2 atom stereocenters. The molecule has 3 aliphatic rings. The summed E-state index contributed by atoms with van der Waals surface area (Å²) in [5.74, 6) is -0.849. The van der Waals surface area contributed by atoms with Crippen LogP contribution in [0.15, 0.2) is 89.4 Å². The van der Waals surface area contributed by atoms with E-state index in [9.17, 15) is 14.4 Å². The number of nitrogens with zero attached hydrogens (tertiary/aromatic N) is 6. The lowest BCUT2D eigenvalue weighted by Gasteiger charge is -2.39. The van der Waals surface area contributed by atoms with Crippen LogP contribution >= 0.6 is 15.9 Å². The number of hydrogen-bond donors (Lipinski definition) is 1. The number of rotatable bonds is 11. The van der Waals surface area contributed by atoms with Gasteiger partial charge in [0.05, 0.1) is 6.61 Å². The number of esters is 1. The van der Waals surface area contributed by atoms with Crippen LogP contribution in [-0.2, 0) is 32.2 Å². The Hall–Kier alpha value is -5.78. The summed E-state index contributed by atoms with van der Waals surface area (Å²) in [4.78, 5) is 54.3. The fourth-order valence-corrected chi connectivity index (χ4v) is 8.45. The first kappa shape index (κ1) is 43.3. The van der Waals surface area contributed by atoms with Crippen molar-refractivity contribution < 1.29 is 46.5 Å². The monoisotopic (exact) mass is 909 g/mol. The quantitative estimate of drug-likeness (QED) is 0.117. The highest BCUT2D eigenvalue weighted by molar-refractivity contribution is 9.10. The van der Waals surface area contributed by atoms with Crippen LogP contribution in [0, 0.1) is 5.41 Å². The second-order valence-electron chi connectivity index (χ2n) is 15.3. The number of carbonyl (C=O) groups excluding carboxylic acids is 3. The molecule has 4 heterocycles. The highest BCUT2D eigenvalue weighted by Gasteiger charge is 2.51. The van der Waals surface area contributed by atoms with Crippen LogP contribution in [0.2, 0.25) is 0 Å². The fourth-order valence-electron chi connectivity index (χ4n) is 8.10. The number of nitrogens with two attached hydrogens (primary N) is 1. The standard InChI is InChI=1S/C43H47BrF3N7O7/c1-2-58-38(55)34-25-42(28-54(34)41(57)60-27-30-11-7-4-8-12-30)15-17-52(18-16-42)35-24-36(50-39(48)49-35)61-37(43(45,46)47)32-14-13-31(44)23-33(32)51-19-21-53(22-20-51)40(56)59-26-29-9-5-3-6-10-29/h3-14,23-24,34,37H,2,15-22,25-28H2,1H3,(H2,48,49,50)/t34-,37+/m0/s1. The van der Waals surface area contributed by atoms with Gasteiger partial charge in [0.2, 0.25) is 17.9 Å². The zero-order chi connectivity index (χ0) is 43.1. The second kappa shape index (κ2) is 18.9. The van der Waals surface area contributed by atoms with E-state index in [1.54, 1.807) is 17.9 Å². The number of halogens is 4. The lowest BCUT2D eigenvalue weighted by Crippen LogP contribution is -2.49. The number of piperidine rings is 1. The van der Waals surface area contributed by atoms with Gasteiger partial charge in [0.1, 0.15) is 25.1 Å². The molecule has 0 aliphatic carbocycles. The van der Waals surface area contributed by atoms with E-state index in [-0.39, 0.29) is 81.4 Å². The van der Waals surface area contributed by atoms with Crippen molar-refractivity contribution in [2.24, 2.45) is 5.41 Å². The van der Waals surface area contributed by atoms with Gasteiger partial charge in [-0.05, 0) is 54.9 Å². The smallest absolute Gasteiger partial charge is 0.429 e. The molecule has 61 heavy (non-hydrogen) atoms. The minimum absolute atomic E-state index is 0.0509. The Morgan fingerprint density at radius 3 is 2.05 bits per heavy atom. The third-order valence-corrected chi connectivity index (χ3v) is 11.7. The van der Waals surface area contributed by atoms with Crippen molar-refractivity contribution >= 4 is 51.5 Å². The van der Waals surface area contributed by atoms with E-state index in [4.69, 9.17) is 24.7 Å². The normalized spacial score (nSPS) is 18.1. The molecule has 3 aliphatic heterocycles. The number of aromatic nitrogens is 2. The molecule has 1 aromatic heterocycles. The minimum atomic E-state index is -4.87. The molecule has 324 valence electrons. The van der Waals surface area contributed by atoms with Crippen molar-refractivity contribution in [2.75, 3.05) is 68.0 Å². The lowest BCUT2D eigenvalue weighted by molar-refractivity contribution is -0.198. The summed E-state index contributed by atoms with van der Waals surface area (Å²) < 4.78 is 67.8. The number of piperazine rings is 1. The zero-order valence-electron chi connectivity index (χ0n) is 33.6. The maximum atomic E-state index is 15.0. The molecule has 2 amide bonds. The van der Waals surface area contributed by atoms with Gasteiger partial charge in [-0.15, -0.1) is 0 Å². The lowest BCUT2D eigenvalue weighted by atomic mass is 9.76. The number of benzene rings is 3. The van der Waals surface area contributed by atoms with Gasteiger partial charge in [-0.3, -0.25) is 4.90 Å². The average molecular weight is 911 g/mol. The predicted molar refractivity (Wildman–Crippen MR) is 223 cm³/mol. The van der Waals surface area contributed by atoms with Crippen molar-refractivity contribution in [1.29, 1.82) is 0 Å². The third kappa shape index (κ3) is 10.6. The Morgan fingerprint density at radius 2 is 1.44 bits per heavy atom. The first-order valence-electron chi connectivity index (χ1n) is 20.1. The molecular formula is C43H47BrF3N7O7. The molecule has 14 nitrogen and oxygen atoms in total. The van der Waals surface area contributed by atoms with Crippen LogP contribution in [0.5, 0.6) is 5.88 Å². The summed E-state index contributed by atoms with van der Waals surface area (Å²) in [5, 5.41) is 0. The van der Waals surface area contributed by atoms with Gasteiger partial charge in [0, 0.05) is 67.6 Å². The third-order valence-electron chi connectivity index (χ3n) is 11.3. The number of nitrogen functional groups attached to an aromatic ring is 1. The molecule has 0 unspecified atom stereocenters. The number of ether oxygens (including phenoxy) is 4. The van der Waals surface area contributed by atoms with Gasteiger partial charge in [-0.25, -0.2) is 14.4 Å². The summed E-state index contributed by atoms with van der Waals surface area (Å²) >= 11 is 3.41. The van der Waals surface area contributed by atoms with E-state index in [0.29, 0.717) is 36.8 Å². The number of anilines is 3. The number of likely N-dealkylation sites (tertiary alicyclic amines) is 1. The van der Waals surface area contributed by atoms with E-state index in [0.717, 1.165) is 11.1 Å². The second-order valence-corrected chi connectivity index (χ2v) is 16.2. The Morgan fingerprint density at radius 1 is 0.820 bits per heavy atom.